The van der Waals surface area contributed by atoms with E-state index in [9.17, 15) is 9.50 Å². The van der Waals surface area contributed by atoms with Crippen LogP contribution in [0.3, 0.4) is 0 Å². The van der Waals surface area contributed by atoms with Crippen LogP contribution in [0.2, 0.25) is 5.02 Å². The Balaban J connectivity index is 0.00000306. The fourth-order valence-corrected chi connectivity index (χ4v) is 3.36. The van der Waals surface area contributed by atoms with E-state index in [1.807, 2.05) is 12.1 Å². The Morgan fingerprint density at radius 1 is 1.09 bits per heavy atom. The second-order valence-corrected chi connectivity index (χ2v) is 7.37. The molecule has 0 saturated carbocycles. The number of hydrogen-bond acceptors (Lipinski definition) is 7. The van der Waals surface area contributed by atoms with Gasteiger partial charge in [-0.05, 0) is 42.7 Å². The number of nitrogens with zero attached hydrogens (tertiary/aromatic N) is 3. The Hall–Kier alpha value is -3.36. The Bertz CT molecular complexity index is 1250. The Morgan fingerprint density at radius 3 is 2.64 bits per heavy atom. The van der Waals surface area contributed by atoms with Gasteiger partial charge < -0.3 is 19.9 Å². The molecule has 2 aromatic carbocycles. The van der Waals surface area contributed by atoms with Gasteiger partial charge in [-0.2, -0.15) is 0 Å². The van der Waals surface area contributed by atoms with Crippen molar-refractivity contribution in [2.24, 2.45) is 0 Å². The number of aromatic hydroxyl groups is 1. The number of rotatable bonds is 8. The molecule has 33 heavy (non-hydrogen) atoms. The molecule has 2 N–H and O–H groups in total. The molecule has 0 aliphatic rings. The molecule has 0 aliphatic heterocycles. The molecule has 4 rings (SSSR count). The summed E-state index contributed by atoms with van der Waals surface area (Å²) in [4.78, 5) is 12.5. The molecule has 0 spiro atoms. The largest absolute Gasteiger partial charge is 0.506 e. The Kier molecular flexibility index (Phi) is 8.08. The van der Waals surface area contributed by atoms with Gasteiger partial charge in [0.1, 0.15) is 23.7 Å². The lowest BCUT2D eigenvalue weighted by molar-refractivity contribution is 0.290. The molecule has 0 bridgehead atoms. The van der Waals surface area contributed by atoms with Crippen LogP contribution in [0, 0.1) is 5.82 Å². The molecule has 0 saturated heterocycles. The molecule has 2 aromatic heterocycles. The Morgan fingerprint density at radius 2 is 1.88 bits per heavy atom. The second-order valence-electron chi connectivity index (χ2n) is 6.96. The van der Waals surface area contributed by atoms with E-state index >= 15 is 0 Å². The number of anilines is 2. The number of methoxy groups -OCH3 is 1. The van der Waals surface area contributed by atoms with Gasteiger partial charge in [0.2, 0.25) is 0 Å². The predicted octanol–water partition coefficient (Wildman–Crippen LogP) is 5.71. The average Bonchev–Trinajstić information content (AvgIpc) is 2.80. The minimum atomic E-state index is -0.624. The fourth-order valence-electron chi connectivity index (χ4n) is 3.20. The standard InChI is InChI=1S/C23H20ClFN4O3.ClH/c1-31-21-9-15-18(12-22(21)32-8-2-3-14-4-6-26-7-5-14)27-13-28-23(15)29-19-11-20(30)16(24)10-17(19)25;/h4-7,9-13,30H,2-3,8H2,1H3,(H,27,28,29);1H. The Labute approximate surface area is 201 Å². The predicted molar refractivity (Wildman–Crippen MR) is 128 cm³/mol. The number of nitrogens with one attached hydrogen (secondary N) is 1. The van der Waals surface area contributed by atoms with Gasteiger partial charge in [-0.1, -0.05) is 11.6 Å². The summed E-state index contributed by atoms with van der Waals surface area (Å²) < 4.78 is 25.7. The highest BCUT2D eigenvalue weighted by molar-refractivity contribution is 6.32. The maximum absolute atomic E-state index is 14.3. The van der Waals surface area contributed by atoms with Crippen LogP contribution in [0.25, 0.3) is 10.9 Å². The third-order valence-electron chi connectivity index (χ3n) is 4.83. The van der Waals surface area contributed by atoms with Crippen molar-refractivity contribution >= 4 is 46.4 Å². The SMILES string of the molecule is COc1cc2c(Nc3cc(O)c(Cl)cc3F)ncnc2cc1OCCCc1ccncc1.Cl. The van der Waals surface area contributed by atoms with Crippen molar-refractivity contribution in [2.45, 2.75) is 12.8 Å². The van der Waals surface area contributed by atoms with Crippen molar-refractivity contribution in [1.82, 2.24) is 15.0 Å². The topological polar surface area (TPSA) is 89.4 Å². The van der Waals surface area contributed by atoms with Crippen LogP contribution in [-0.4, -0.2) is 33.8 Å². The van der Waals surface area contributed by atoms with E-state index in [2.05, 4.69) is 20.3 Å². The highest BCUT2D eigenvalue weighted by atomic mass is 35.5. The van der Waals surface area contributed by atoms with Crippen molar-refractivity contribution < 1.29 is 19.0 Å². The summed E-state index contributed by atoms with van der Waals surface area (Å²) in [5.74, 6) is 0.529. The van der Waals surface area contributed by atoms with Crippen molar-refractivity contribution in [3.63, 3.8) is 0 Å². The molecule has 0 unspecified atom stereocenters. The van der Waals surface area contributed by atoms with Crippen molar-refractivity contribution in [3.8, 4) is 17.2 Å². The summed E-state index contributed by atoms with van der Waals surface area (Å²) in [6, 6.07) is 9.66. The zero-order valence-electron chi connectivity index (χ0n) is 17.6. The number of aromatic nitrogens is 3. The zero-order chi connectivity index (χ0) is 22.5. The molecule has 2 heterocycles. The number of ether oxygens (including phenoxy) is 2. The van der Waals surface area contributed by atoms with Crippen LogP contribution in [0.4, 0.5) is 15.9 Å². The molecular weight excluding hydrogens is 470 g/mol. The summed E-state index contributed by atoms with van der Waals surface area (Å²) in [5.41, 5.74) is 1.81. The van der Waals surface area contributed by atoms with Gasteiger partial charge in [-0.25, -0.2) is 14.4 Å². The van der Waals surface area contributed by atoms with E-state index < -0.39 is 5.82 Å². The number of phenols is 1. The fraction of sp³-hybridized carbons (Fsp3) is 0.174. The molecular formula is C23H21Cl2FN4O3. The zero-order valence-corrected chi connectivity index (χ0v) is 19.2. The summed E-state index contributed by atoms with van der Waals surface area (Å²) in [5, 5.41) is 13.2. The second kappa shape index (κ2) is 11.0. The first-order valence-corrected chi connectivity index (χ1v) is 10.2. The number of benzene rings is 2. The maximum Gasteiger partial charge on any atom is 0.163 e. The third kappa shape index (κ3) is 5.71. The molecule has 0 radical (unpaired) electrons. The van der Waals surface area contributed by atoms with Gasteiger partial charge in [-0.3, -0.25) is 4.98 Å². The lowest BCUT2D eigenvalue weighted by atomic mass is 10.1. The van der Waals surface area contributed by atoms with Gasteiger partial charge in [0, 0.05) is 29.9 Å². The summed E-state index contributed by atoms with van der Waals surface area (Å²) in [7, 11) is 1.54. The molecule has 4 aromatic rings. The minimum Gasteiger partial charge on any atom is -0.506 e. The summed E-state index contributed by atoms with van der Waals surface area (Å²) >= 11 is 5.75. The van der Waals surface area contributed by atoms with Gasteiger partial charge in [-0.15, -0.1) is 12.4 Å². The highest BCUT2D eigenvalue weighted by Crippen LogP contribution is 2.36. The minimum absolute atomic E-state index is 0. The number of phenolic OH excluding ortho intramolecular Hbond substituents is 1. The first kappa shape index (κ1) is 24.3. The lowest BCUT2D eigenvalue weighted by Crippen LogP contribution is -2.03. The first-order valence-electron chi connectivity index (χ1n) is 9.84. The smallest absolute Gasteiger partial charge is 0.163 e. The van der Waals surface area contributed by atoms with Gasteiger partial charge in [0.15, 0.2) is 11.5 Å². The van der Waals surface area contributed by atoms with E-state index in [0.717, 1.165) is 18.9 Å². The third-order valence-corrected chi connectivity index (χ3v) is 5.13. The molecule has 0 aliphatic carbocycles. The van der Waals surface area contributed by atoms with E-state index in [4.69, 9.17) is 21.1 Å². The normalized spacial score (nSPS) is 10.5. The monoisotopic (exact) mass is 490 g/mol. The van der Waals surface area contributed by atoms with Crippen LogP contribution in [0.5, 0.6) is 17.2 Å². The molecule has 7 nitrogen and oxygen atoms in total. The van der Waals surface area contributed by atoms with Crippen LogP contribution < -0.4 is 14.8 Å². The molecule has 0 amide bonds. The number of halogens is 3. The van der Waals surface area contributed by atoms with Crippen LogP contribution >= 0.6 is 24.0 Å². The number of fused-ring (bicyclic) bond motifs is 1. The maximum atomic E-state index is 14.3. The van der Waals surface area contributed by atoms with Gasteiger partial charge in [0.25, 0.3) is 0 Å². The molecule has 172 valence electrons. The summed E-state index contributed by atoms with van der Waals surface area (Å²) in [6.07, 6.45) is 6.59. The quantitative estimate of drug-likeness (QED) is 0.305. The molecule has 0 fully saturated rings. The van der Waals surface area contributed by atoms with Gasteiger partial charge >= 0.3 is 0 Å². The van der Waals surface area contributed by atoms with Crippen molar-refractivity contribution in [3.05, 3.63) is 71.5 Å². The van der Waals surface area contributed by atoms with Crippen LogP contribution in [0.1, 0.15) is 12.0 Å². The summed E-state index contributed by atoms with van der Waals surface area (Å²) in [6.45, 7) is 0.496. The van der Waals surface area contributed by atoms with Crippen molar-refractivity contribution in [1.29, 1.82) is 0 Å². The molecule has 0 atom stereocenters. The van der Waals surface area contributed by atoms with E-state index in [0.29, 0.717) is 34.8 Å². The number of aryl methyl sites for hydroxylation is 1. The highest BCUT2D eigenvalue weighted by Gasteiger charge is 2.14. The van der Waals surface area contributed by atoms with E-state index in [1.165, 1.54) is 18.0 Å². The average molecular weight is 491 g/mol. The number of hydrogen-bond donors (Lipinski definition) is 2. The molecule has 10 heteroatoms. The van der Waals surface area contributed by atoms with Crippen LogP contribution in [-0.2, 0) is 6.42 Å². The van der Waals surface area contributed by atoms with Gasteiger partial charge in [0.05, 0.1) is 29.9 Å². The van der Waals surface area contributed by atoms with Crippen molar-refractivity contribution in [2.75, 3.05) is 19.0 Å². The van der Waals surface area contributed by atoms with E-state index in [-0.39, 0.29) is 28.9 Å². The van der Waals surface area contributed by atoms with Crippen LogP contribution in [0.15, 0.2) is 55.1 Å². The number of pyridine rings is 1. The lowest BCUT2D eigenvalue weighted by Gasteiger charge is -2.14. The first-order chi connectivity index (χ1) is 15.5. The van der Waals surface area contributed by atoms with E-state index in [1.54, 1.807) is 31.6 Å².